The van der Waals surface area contributed by atoms with E-state index in [0.717, 1.165) is 32.3 Å². The molecule has 0 fully saturated rings. The van der Waals surface area contributed by atoms with E-state index in [0.29, 0.717) is 5.76 Å². The highest BCUT2D eigenvalue weighted by Crippen LogP contribution is 2.30. The van der Waals surface area contributed by atoms with Gasteiger partial charge in [-0.2, -0.15) is 0 Å². The van der Waals surface area contributed by atoms with Gasteiger partial charge in [0.1, 0.15) is 5.58 Å². The number of benzene rings is 2. The Kier molecular flexibility index (Phi) is 4.02. The summed E-state index contributed by atoms with van der Waals surface area (Å²) in [4.78, 5) is 14.5. The third-order valence-corrected chi connectivity index (χ3v) is 4.60. The molecule has 0 N–H and O–H groups in total. The molecule has 3 rings (SSSR count). The van der Waals surface area contributed by atoms with E-state index < -0.39 is 0 Å². The number of carbonyl (C=O) groups is 1. The van der Waals surface area contributed by atoms with Gasteiger partial charge in [-0.05, 0) is 50.6 Å². The molecule has 118 valence electrons. The summed E-state index contributed by atoms with van der Waals surface area (Å²) in [5, 5.41) is 0.955. The van der Waals surface area contributed by atoms with E-state index in [-0.39, 0.29) is 5.91 Å². The minimum atomic E-state index is -0.137. The Bertz CT molecular complexity index is 911. The zero-order chi connectivity index (χ0) is 16.7. The highest BCUT2D eigenvalue weighted by molar-refractivity contribution is 9.10. The molecule has 0 saturated carbocycles. The van der Waals surface area contributed by atoms with Gasteiger partial charge >= 0.3 is 0 Å². The van der Waals surface area contributed by atoms with E-state index in [1.807, 2.05) is 51.1 Å². The van der Waals surface area contributed by atoms with Crippen molar-refractivity contribution in [2.45, 2.75) is 20.8 Å². The topological polar surface area (TPSA) is 33.5 Å². The first-order valence-corrected chi connectivity index (χ1v) is 8.21. The minimum Gasteiger partial charge on any atom is -0.451 e. The van der Waals surface area contributed by atoms with Crippen LogP contribution in [0.25, 0.3) is 11.0 Å². The molecule has 4 heteroatoms. The van der Waals surface area contributed by atoms with E-state index in [2.05, 4.69) is 22.0 Å². The molecule has 0 aliphatic rings. The largest absolute Gasteiger partial charge is 0.451 e. The first kappa shape index (κ1) is 15.8. The Balaban J connectivity index is 2.04. The van der Waals surface area contributed by atoms with Crippen molar-refractivity contribution in [3.8, 4) is 0 Å². The monoisotopic (exact) mass is 371 g/mol. The molecule has 0 saturated heterocycles. The van der Waals surface area contributed by atoms with E-state index in [9.17, 15) is 4.79 Å². The van der Waals surface area contributed by atoms with Gasteiger partial charge in [0, 0.05) is 28.2 Å². The summed E-state index contributed by atoms with van der Waals surface area (Å²) in [6.07, 6.45) is 0. The van der Waals surface area contributed by atoms with Crippen LogP contribution in [-0.4, -0.2) is 13.0 Å². The Morgan fingerprint density at radius 1 is 1.09 bits per heavy atom. The van der Waals surface area contributed by atoms with E-state index in [4.69, 9.17) is 4.42 Å². The molecule has 1 heterocycles. The number of rotatable bonds is 2. The molecule has 0 aliphatic heterocycles. The van der Waals surface area contributed by atoms with Crippen LogP contribution in [0.2, 0.25) is 0 Å². The standard InChI is InChI=1S/C19H18BrNO2/c1-11-5-7-16(12(2)9-11)21(4)19(22)18-13(3)15-10-14(20)6-8-17(15)23-18/h5-10H,1-4H3. The SMILES string of the molecule is Cc1ccc(N(C)C(=O)c2oc3ccc(Br)cc3c2C)c(C)c1. The van der Waals surface area contributed by atoms with Crippen molar-refractivity contribution >= 4 is 38.5 Å². The Labute approximate surface area is 144 Å². The molecule has 0 bridgehead atoms. The van der Waals surface area contributed by atoms with Gasteiger partial charge in [0.05, 0.1) is 0 Å². The molecule has 0 radical (unpaired) electrons. The number of aryl methyl sites for hydroxylation is 3. The summed E-state index contributed by atoms with van der Waals surface area (Å²) in [7, 11) is 1.78. The molecular formula is C19H18BrNO2. The molecule has 1 amide bonds. The van der Waals surface area contributed by atoms with Gasteiger partial charge in [0.2, 0.25) is 0 Å². The third-order valence-electron chi connectivity index (χ3n) is 4.11. The summed E-state index contributed by atoms with van der Waals surface area (Å²) in [6, 6.07) is 11.8. The maximum absolute atomic E-state index is 12.9. The summed E-state index contributed by atoms with van der Waals surface area (Å²) in [5.74, 6) is 0.252. The number of halogens is 1. The lowest BCUT2D eigenvalue weighted by atomic mass is 10.1. The Morgan fingerprint density at radius 2 is 1.83 bits per heavy atom. The van der Waals surface area contributed by atoms with Gasteiger partial charge in [-0.15, -0.1) is 0 Å². The van der Waals surface area contributed by atoms with Crippen LogP contribution >= 0.6 is 15.9 Å². The predicted octanol–water partition coefficient (Wildman–Crippen LogP) is 5.40. The molecule has 23 heavy (non-hydrogen) atoms. The highest BCUT2D eigenvalue weighted by Gasteiger charge is 2.22. The molecule has 0 spiro atoms. The van der Waals surface area contributed by atoms with Crippen LogP contribution in [0.3, 0.4) is 0 Å². The molecule has 0 unspecified atom stereocenters. The Hall–Kier alpha value is -2.07. The second-order valence-electron chi connectivity index (χ2n) is 5.85. The van der Waals surface area contributed by atoms with Crippen molar-refractivity contribution in [1.29, 1.82) is 0 Å². The van der Waals surface area contributed by atoms with Gasteiger partial charge in [-0.1, -0.05) is 33.6 Å². The zero-order valence-corrected chi connectivity index (χ0v) is 15.2. The summed E-state index contributed by atoms with van der Waals surface area (Å²) < 4.78 is 6.78. The van der Waals surface area contributed by atoms with E-state index in [1.165, 1.54) is 5.56 Å². The average Bonchev–Trinajstić information content (AvgIpc) is 2.83. The molecule has 2 aromatic carbocycles. The minimum absolute atomic E-state index is 0.137. The normalized spacial score (nSPS) is 11.0. The second-order valence-corrected chi connectivity index (χ2v) is 6.77. The van der Waals surface area contributed by atoms with Crippen molar-refractivity contribution in [3.05, 3.63) is 63.3 Å². The van der Waals surface area contributed by atoms with Crippen LogP contribution < -0.4 is 4.90 Å². The molecule has 3 aromatic rings. The highest BCUT2D eigenvalue weighted by atomic mass is 79.9. The first-order chi connectivity index (χ1) is 10.9. The number of hydrogen-bond donors (Lipinski definition) is 0. The van der Waals surface area contributed by atoms with E-state index in [1.54, 1.807) is 11.9 Å². The van der Waals surface area contributed by atoms with Crippen molar-refractivity contribution in [1.82, 2.24) is 0 Å². The smallest absolute Gasteiger partial charge is 0.294 e. The number of amides is 1. The average molecular weight is 372 g/mol. The van der Waals surface area contributed by atoms with Gasteiger partial charge in [0.25, 0.3) is 5.91 Å². The van der Waals surface area contributed by atoms with Crippen LogP contribution in [0.1, 0.15) is 27.2 Å². The molecule has 1 aromatic heterocycles. The maximum Gasteiger partial charge on any atom is 0.294 e. The van der Waals surface area contributed by atoms with Gasteiger partial charge in [-0.25, -0.2) is 0 Å². The van der Waals surface area contributed by atoms with Crippen LogP contribution in [0.4, 0.5) is 5.69 Å². The molecule has 0 atom stereocenters. The third kappa shape index (κ3) is 2.79. The number of anilines is 1. The lowest BCUT2D eigenvalue weighted by molar-refractivity contribution is 0.0967. The number of nitrogens with zero attached hydrogens (tertiary/aromatic N) is 1. The number of fused-ring (bicyclic) bond motifs is 1. The van der Waals surface area contributed by atoms with Gasteiger partial charge in [0.15, 0.2) is 5.76 Å². The molecule has 0 aliphatic carbocycles. The number of furan rings is 1. The van der Waals surface area contributed by atoms with Crippen LogP contribution in [0, 0.1) is 20.8 Å². The van der Waals surface area contributed by atoms with Crippen LogP contribution in [0.15, 0.2) is 45.3 Å². The summed E-state index contributed by atoms with van der Waals surface area (Å²) in [5.41, 5.74) is 4.72. The quantitative estimate of drug-likeness (QED) is 0.604. The van der Waals surface area contributed by atoms with Crippen molar-refractivity contribution in [2.24, 2.45) is 0 Å². The fourth-order valence-electron chi connectivity index (χ4n) is 2.84. The van der Waals surface area contributed by atoms with E-state index >= 15 is 0 Å². The maximum atomic E-state index is 12.9. The van der Waals surface area contributed by atoms with Gasteiger partial charge < -0.3 is 9.32 Å². The lowest BCUT2D eigenvalue weighted by Gasteiger charge is -2.19. The zero-order valence-electron chi connectivity index (χ0n) is 13.6. The molecule has 3 nitrogen and oxygen atoms in total. The van der Waals surface area contributed by atoms with Crippen LogP contribution in [0.5, 0.6) is 0 Å². The summed E-state index contributed by atoms with van der Waals surface area (Å²) >= 11 is 3.46. The van der Waals surface area contributed by atoms with Gasteiger partial charge in [-0.3, -0.25) is 4.79 Å². The first-order valence-electron chi connectivity index (χ1n) is 7.42. The van der Waals surface area contributed by atoms with Crippen LogP contribution in [-0.2, 0) is 0 Å². The fourth-order valence-corrected chi connectivity index (χ4v) is 3.20. The number of hydrogen-bond acceptors (Lipinski definition) is 2. The fraction of sp³-hybridized carbons (Fsp3) is 0.211. The Morgan fingerprint density at radius 3 is 2.52 bits per heavy atom. The second kappa shape index (κ2) is 5.85. The van der Waals surface area contributed by atoms with Crippen molar-refractivity contribution in [3.63, 3.8) is 0 Å². The molecular weight excluding hydrogens is 354 g/mol. The number of carbonyl (C=O) groups excluding carboxylic acids is 1. The summed E-state index contributed by atoms with van der Waals surface area (Å²) in [6.45, 7) is 5.97. The lowest BCUT2D eigenvalue weighted by Crippen LogP contribution is -2.27. The van der Waals surface area contributed by atoms with Crippen molar-refractivity contribution < 1.29 is 9.21 Å². The predicted molar refractivity (Wildman–Crippen MR) is 97.3 cm³/mol. The van der Waals surface area contributed by atoms with Crippen molar-refractivity contribution in [2.75, 3.05) is 11.9 Å².